The number of hydrogen-bond acceptors (Lipinski definition) is 4. The summed E-state index contributed by atoms with van der Waals surface area (Å²) in [7, 11) is 0. The molecule has 3 rings (SSSR count). The number of esters is 1. The van der Waals surface area contributed by atoms with Crippen molar-refractivity contribution in [3.8, 4) is 0 Å². The van der Waals surface area contributed by atoms with Crippen LogP contribution < -0.4 is 0 Å². The van der Waals surface area contributed by atoms with Crippen molar-refractivity contribution in [3.05, 3.63) is 94.2 Å². The van der Waals surface area contributed by atoms with Crippen LogP contribution in [0.15, 0.2) is 78.2 Å². The number of benzene rings is 2. The summed E-state index contributed by atoms with van der Waals surface area (Å²) in [6, 6.07) is 22.6. The molecule has 0 aliphatic rings. The first-order valence-corrected chi connectivity index (χ1v) is 8.46. The third-order valence-electron chi connectivity index (χ3n) is 3.68. The van der Waals surface area contributed by atoms with Crippen LogP contribution in [0, 0.1) is 0 Å². The maximum Gasteiger partial charge on any atom is 0.322 e. The fourth-order valence-corrected chi connectivity index (χ4v) is 3.25. The van der Waals surface area contributed by atoms with E-state index in [2.05, 4.69) is 0 Å². The molecule has 0 fully saturated rings. The van der Waals surface area contributed by atoms with E-state index < -0.39 is 18.0 Å². The van der Waals surface area contributed by atoms with E-state index >= 15 is 0 Å². The molecule has 3 nitrogen and oxygen atoms in total. The zero-order chi connectivity index (χ0) is 16.8. The summed E-state index contributed by atoms with van der Waals surface area (Å²) < 4.78 is 5.74. The minimum absolute atomic E-state index is 0.537. The average molecular weight is 336 g/mol. The Labute approximate surface area is 144 Å². The second kappa shape index (κ2) is 7.70. The largest absolute Gasteiger partial charge is 0.452 e. The summed E-state index contributed by atoms with van der Waals surface area (Å²) in [4.78, 5) is 24.7. The second-order valence-corrected chi connectivity index (χ2v) is 6.25. The topological polar surface area (TPSA) is 43.4 Å². The molecule has 0 saturated carbocycles. The zero-order valence-corrected chi connectivity index (χ0v) is 13.7. The molecule has 0 bridgehead atoms. The van der Waals surface area contributed by atoms with Crippen LogP contribution >= 0.6 is 11.3 Å². The van der Waals surface area contributed by atoms with Crippen LogP contribution in [0.5, 0.6) is 0 Å². The minimum atomic E-state index is -0.889. The molecule has 0 aliphatic heterocycles. The van der Waals surface area contributed by atoms with Gasteiger partial charge < -0.3 is 9.53 Å². The van der Waals surface area contributed by atoms with Crippen molar-refractivity contribution in [3.63, 3.8) is 0 Å². The predicted octanol–water partition coefficient (Wildman–Crippen LogP) is 4.36. The normalized spacial score (nSPS) is 11.9. The van der Waals surface area contributed by atoms with E-state index in [1.54, 1.807) is 6.07 Å². The Morgan fingerprint density at radius 2 is 1.46 bits per heavy atom. The van der Waals surface area contributed by atoms with Gasteiger partial charge >= 0.3 is 5.97 Å². The van der Waals surface area contributed by atoms with Gasteiger partial charge in [-0.25, -0.2) is 0 Å². The van der Waals surface area contributed by atoms with E-state index in [9.17, 15) is 9.59 Å². The summed E-state index contributed by atoms with van der Waals surface area (Å²) in [6.07, 6.45) is 0.101. The first-order chi connectivity index (χ1) is 11.8. The third-order valence-corrected chi connectivity index (χ3v) is 4.63. The van der Waals surface area contributed by atoms with Crippen molar-refractivity contribution in [1.29, 1.82) is 0 Å². The molecular formula is C20H16O3S. The number of carbonyl (C=O) groups is 2. The molecule has 0 amide bonds. The van der Waals surface area contributed by atoms with Gasteiger partial charge in [-0.3, -0.25) is 4.79 Å². The van der Waals surface area contributed by atoms with Crippen LogP contribution in [-0.2, 0) is 14.3 Å². The summed E-state index contributed by atoms with van der Waals surface area (Å²) in [5.41, 5.74) is 1.74. The first-order valence-electron chi connectivity index (χ1n) is 7.58. The lowest BCUT2D eigenvalue weighted by atomic mass is 10.0. The maximum atomic E-state index is 12.6. The molecular weight excluding hydrogens is 320 g/mol. The Hall–Kier alpha value is -2.72. The van der Waals surface area contributed by atoms with Gasteiger partial charge in [0, 0.05) is 4.88 Å². The smallest absolute Gasteiger partial charge is 0.322 e. The van der Waals surface area contributed by atoms with Crippen LogP contribution in [0.25, 0.3) is 0 Å². The molecule has 24 heavy (non-hydrogen) atoms. The quantitative estimate of drug-likeness (QED) is 0.381. The van der Waals surface area contributed by atoms with Crippen LogP contribution in [0.1, 0.15) is 28.0 Å². The highest BCUT2D eigenvalue weighted by molar-refractivity contribution is 7.10. The molecule has 1 aromatic heterocycles. The van der Waals surface area contributed by atoms with E-state index in [0.29, 0.717) is 11.2 Å². The van der Waals surface area contributed by atoms with Crippen molar-refractivity contribution >= 4 is 23.6 Å². The van der Waals surface area contributed by atoms with Crippen molar-refractivity contribution in [2.24, 2.45) is 0 Å². The molecule has 1 unspecified atom stereocenters. The molecule has 2 aromatic carbocycles. The molecule has 120 valence electrons. The number of rotatable bonds is 6. The lowest BCUT2D eigenvalue weighted by Gasteiger charge is -2.20. The van der Waals surface area contributed by atoms with Gasteiger partial charge in [0.2, 0.25) is 0 Å². The van der Waals surface area contributed by atoms with Gasteiger partial charge in [-0.2, -0.15) is 0 Å². The Morgan fingerprint density at radius 1 is 0.875 bits per heavy atom. The number of ether oxygens (including phenoxy) is 1. The lowest BCUT2D eigenvalue weighted by molar-refractivity contribution is -0.150. The maximum absolute atomic E-state index is 12.6. The summed E-state index contributed by atoms with van der Waals surface area (Å²) >= 11 is 1.37. The van der Waals surface area contributed by atoms with Crippen LogP contribution in [0.4, 0.5) is 0 Å². The summed E-state index contributed by atoms with van der Waals surface area (Å²) in [6.45, 7) is 0. The number of thiophene rings is 1. The van der Waals surface area contributed by atoms with E-state index in [-0.39, 0.29) is 0 Å². The molecule has 0 spiro atoms. The molecule has 0 N–H and O–H groups in total. The molecule has 0 radical (unpaired) electrons. The summed E-state index contributed by atoms with van der Waals surface area (Å²) in [5, 5.41) is 1.84. The van der Waals surface area contributed by atoms with E-state index in [4.69, 9.17) is 4.74 Å². The van der Waals surface area contributed by atoms with E-state index in [1.165, 1.54) is 11.3 Å². The van der Waals surface area contributed by atoms with Crippen LogP contribution in [0.3, 0.4) is 0 Å². The molecule has 1 heterocycles. The second-order valence-electron chi connectivity index (χ2n) is 5.27. The average Bonchev–Trinajstić information content (AvgIpc) is 3.16. The lowest BCUT2D eigenvalue weighted by Crippen LogP contribution is -2.20. The minimum Gasteiger partial charge on any atom is -0.452 e. The molecule has 0 saturated heterocycles. The van der Waals surface area contributed by atoms with Gasteiger partial charge in [0.15, 0.2) is 6.10 Å². The van der Waals surface area contributed by atoms with Gasteiger partial charge in [-0.1, -0.05) is 66.7 Å². The van der Waals surface area contributed by atoms with Crippen molar-refractivity contribution in [1.82, 2.24) is 0 Å². The fourth-order valence-electron chi connectivity index (χ4n) is 2.48. The van der Waals surface area contributed by atoms with Crippen molar-refractivity contribution < 1.29 is 14.3 Å². The highest BCUT2D eigenvalue weighted by Crippen LogP contribution is 2.29. The summed E-state index contributed by atoms with van der Waals surface area (Å²) in [5.74, 6) is -1.43. The van der Waals surface area contributed by atoms with Gasteiger partial charge in [0.05, 0.1) is 0 Å². The standard InChI is InChI=1S/C20H16O3S/c21-14-17(18-12-7-13-24-18)20(22)23-19(15-8-3-1-4-9-15)16-10-5-2-6-11-16/h1-14,17,19H. The Balaban J connectivity index is 1.89. The molecule has 3 aromatic rings. The van der Waals surface area contributed by atoms with E-state index in [0.717, 1.165) is 11.1 Å². The molecule has 0 aliphatic carbocycles. The third kappa shape index (κ3) is 3.60. The number of carbonyl (C=O) groups excluding carboxylic acids is 2. The van der Waals surface area contributed by atoms with Crippen LogP contribution in [0.2, 0.25) is 0 Å². The predicted molar refractivity (Wildman–Crippen MR) is 93.9 cm³/mol. The van der Waals surface area contributed by atoms with Gasteiger partial charge in [-0.15, -0.1) is 11.3 Å². The monoisotopic (exact) mass is 336 g/mol. The Bertz CT molecular complexity index is 743. The van der Waals surface area contributed by atoms with Crippen LogP contribution in [-0.4, -0.2) is 12.3 Å². The Morgan fingerprint density at radius 3 is 1.92 bits per heavy atom. The molecule has 1 atom stereocenters. The van der Waals surface area contributed by atoms with Gasteiger partial charge in [-0.05, 0) is 22.6 Å². The highest BCUT2D eigenvalue weighted by Gasteiger charge is 2.27. The van der Waals surface area contributed by atoms with Gasteiger partial charge in [0.1, 0.15) is 12.2 Å². The van der Waals surface area contributed by atoms with Crippen molar-refractivity contribution in [2.75, 3.05) is 0 Å². The zero-order valence-electron chi connectivity index (χ0n) is 12.9. The first kappa shape index (κ1) is 16.1. The Kier molecular flexibility index (Phi) is 5.18. The van der Waals surface area contributed by atoms with E-state index in [1.807, 2.05) is 72.1 Å². The fraction of sp³-hybridized carbons (Fsp3) is 0.100. The number of aldehydes is 1. The SMILES string of the molecule is O=CC(C(=O)OC(c1ccccc1)c1ccccc1)c1cccs1. The molecule has 4 heteroatoms. The van der Waals surface area contributed by atoms with Crippen molar-refractivity contribution in [2.45, 2.75) is 12.0 Å². The number of hydrogen-bond donors (Lipinski definition) is 0. The van der Waals surface area contributed by atoms with Gasteiger partial charge in [0.25, 0.3) is 0 Å². The highest BCUT2D eigenvalue weighted by atomic mass is 32.1.